The number of aliphatic hydroxyl groups is 2. The summed E-state index contributed by atoms with van der Waals surface area (Å²) in [7, 11) is 0. The predicted molar refractivity (Wildman–Crippen MR) is 77.5 cm³/mol. The van der Waals surface area contributed by atoms with Crippen molar-refractivity contribution >= 4 is 5.69 Å². The maximum absolute atomic E-state index is 9.16. The molecular formula is C15H24N2O2. The molecule has 2 N–H and O–H groups in total. The van der Waals surface area contributed by atoms with Crippen molar-refractivity contribution in [2.24, 2.45) is 0 Å². The maximum Gasteiger partial charge on any atom is 0.0681 e. The molecule has 1 aliphatic rings. The maximum atomic E-state index is 9.16. The molecule has 0 unspecified atom stereocenters. The van der Waals surface area contributed by atoms with Crippen molar-refractivity contribution < 1.29 is 10.2 Å². The number of aryl methyl sites for hydroxylation is 1. The van der Waals surface area contributed by atoms with Crippen molar-refractivity contribution in [2.75, 3.05) is 44.2 Å². The fourth-order valence-electron chi connectivity index (χ4n) is 2.75. The Morgan fingerprint density at radius 2 is 1.95 bits per heavy atom. The second-order valence-electron chi connectivity index (χ2n) is 5.18. The van der Waals surface area contributed by atoms with Crippen LogP contribution in [0.5, 0.6) is 0 Å². The van der Waals surface area contributed by atoms with E-state index in [1.807, 2.05) is 6.07 Å². The van der Waals surface area contributed by atoms with E-state index >= 15 is 0 Å². The smallest absolute Gasteiger partial charge is 0.0681 e. The fraction of sp³-hybridized carbons (Fsp3) is 0.600. The fourth-order valence-corrected chi connectivity index (χ4v) is 2.75. The average Bonchev–Trinajstić information content (AvgIpc) is 2.65. The summed E-state index contributed by atoms with van der Waals surface area (Å²) < 4.78 is 0. The summed E-state index contributed by atoms with van der Waals surface area (Å²) >= 11 is 0. The van der Waals surface area contributed by atoms with E-state index in [9.17, 15) is 0 Å². The number of β-amino-alcohol motifs (C(OH)–C–C–N with tert-alkyl or cyclic N) is 1. The van der Waals surface area contributed by atoms with Crippen LogP contribution in [0.15, 0.2) is 18.2 Å². The lowest BCUT2D eigenvalue weighted by Gasteiger charge is -2.25. The van der Waals surface area contributed by atoms with E-state index in [2.05, 4.69) is 28.9 Å². The van der Waals surface area contributed by atoms with Gasteiger partial charge in [0.2, 0.25) is 0 Å². The Bertz CT molecular complexity index is 409. The highest BCUT2D eigenvalue weighted by atomic mass is 16.3. The molecule has 1 saturated heterocycles. The highest BCUT2D eigenvalue weighted by Crippen LogP contribution is 2.22. The first-order chi connectivity index (χ1) is 9.24. The molecule has 1 aromatic rings. The molecule has 0 saturated carbocycles. The van der Waals surface area contributed by atoms with Crippen molar-refractivity contribution in [1.29, 1.82) is 0 Å². The molecule has 1 fully saturated rings. The topological polar surface area (TPSA) is 46.9 Å². The lowest BCUT2D eigenvalue weighted by atomic mass is 10.1. The molecule has 1 aliphatic heterocycles. The van der Waals surface area contributed by atoms with Crippen LogP contribution in [0.2, 0.25) is 0 Å². The van der Waals surface area contributed by atoms with Crippen molar-refractivity contribution in [1.82, 2.24) is 4.90 Å². The monoisotopic (exact) mass is 264 g/mol. The van der Waals surface area contributed by atoms with E-state index in [1.165, 1.54) is 11.3 Å². The third kappa shape index (κ3) is 3.69. The SMILES string of the molecule is Cc1cc(CO)ccc1N1CCCN(CCO)CC1. The molecule has 0 radical (unpaired) electrons. The Balaban J connectivity index is 2.05. The Morgan fingerprint density at radius 3 is 2.63 bits per heavy atom. The summed E-state index contributed by atoms with van der Waals surface area (Å²) in [6.45, 7) is 7.34. The number of aliphatic hydroxyl groups excluding tert-OH is 2. The largest absolute Gasteiger partial charge is 0.395 e. The second-order valence-corrected chi connectivity index (χ2v) is 5.18. The van der Waals surface area contributed by atoms with Gasteiger partial charge >= 0.3 is 0 Å². The minimum absolute atomic E-state index is 0.103. The number of hydrogen-bond donors (Lipinski definition) is 2. The van der Waals surface area contributed by atoms with Crippen molar-refractivity contribution in [2.45, 2.75) is 20.0 Å². The molecule has 0 spiro atoms. The van der Waals surface area contributed by atoms with E-state index in [4.69, 9.17) is 10.2 Å². The molecule has 1 heterocycles. The third-order valence-corrected chi connectivity index (χ3v) is 3.79. The van der Waals surface area contributed by atoms with Crippen LogP contribution in [0, 0.1) is 6.92 Å². The quantitative estimate of drug-likeness (QED) is 0.851. The Labute approximate surface area is 115 Å². The molecule has 0 atom stereocenters. The molecule has 0 aromatic heterocycles. The van der Waals surface area contributed by atoms with E-state index in [-0.39, 0.29) is 13.2 Å². The van der Waals surface area contributed by atoms with Gasteiger partial charge in [-0.1, -0.05) is 12.1 Å². The van der Waals surface area contributed by atoms with Crippen LogP contribution in [0.25, 0.3) is 0 Å². The minimum Gasteiger partial charge on any atom is -0.395 e. The molecule has 0 aliphatic carbocycles. The molecular weight excluding hydrogens is 240 g/mol. The van der Waals surface area contributed by atoms with Crippen LogP contribution in [-0.4, -0.2) is 54.4 Å². The lowest BCUT2D eigenvalue weighted by Crippen LogP contribution is -2.32. The second kappa shape index (κ2) is 6.89. The van der Waals surface area contributed by atoms with Gasteiger partial charge in [0, 0.05) is 31.9 Å². The van der Waals surface area contributed by atoms with Gasteiger partial charge in [0.1, 0.15) is 0 Å². The minimum atomic E-state index is 0.103. The summed E-state index contributed by atoms with van der Waals surface area (Å²) in [5, 5.41) is 18.2. The van der Waals surface area contributed by atoms with Gasteiger partial charge in [-0.3, -0.25) is 4.90 Å². The average molecular weight is 264 g/mol. The first-order valence-corrected chi connectivity index (χ1v) is 7.03. The number of anilines is 1. The zero-order chi connectivity index (χ0) is 13.7. The highest BCUT2D eigenvalue weighted by Gasteiger charge is 2.16. The molecule has 106 valence electrons. The molecule has 0 amide bonds. The van der Waals surface area contributed by atoms with E-state index in [1.54, 1.807) is 0 Å². The summed E-state index contributed by atoms with van der Waals surface area (Å²) in [6.07, 6.45) is 1.13. The third-order valence-electron chi connectivity index (χ3n) is 3.79. The van der Waals surface area contributed by atoms with Gasteiger partial charge in [0.05, 0.1) is 13.2 Å². The van der Waals surface area contributed by atoms with E-state index in [0.29, 0.717) is 0 Å². The van der Waals surface area contributed by atoms with Crippen molar-refractivity contribution in [3.63, 3.8) is 0 Å². The zero-order valence-corrected chi connectivity index (χ0v) is 11.7. The number of nitrogens with zero attached hydrogens (tertiary/aromatic N) is 2. The highest BCUT2D eigenvalue weighted by molar-refractivity contribution is 5.54. The van der Waals surface area contributed by atoms with Gasteiger partial charge in [0.15, 0.2) is 0 Å². The number of hydrogen-bond acceptors (Lipinski definition) is 4. The van der Waals surface area contributed by atoms with Crippen LogP contribution in [0.4, 0.5) is 5.69 Å². The summed E-state index contributed by atoms with van der Waals surface area (Å²) in [5.41, 5.74) is 3.46. The van der Waals surface area contributed by atoms with Gasteiger partial charge in [0.25, 0.3) is 0 Å². The Hall–Kier alpha value is -1.10. The van der Waals surface area contributed by atoms with Gasteiger partial charge in [-0.15, -0.1) is 0 Å². The summed E-state index contributed by atoms with van der Waals surface area (Å²) in [4.78, 5) is 4.73. The molecule has 4 nitrogen and oxygen atoms in total. The van der Waals surface area contributed by atoms with Gasteiger partial charge in [-0.2, -0.15) is 0 Å². The van der Waals surface area contributed by atoms with Crippen molar-refractivity contribution in [3.05, 3.63) is 29.3 Å². The molecule has 19 heavy (non-hydrogen) atoms. The first-order valence-electron chi connectivity index (χ1n) is 7.03. The predicted octanol–water partition coefficient (Wildman–Crippen LogP) is 0.992. The van der Waals surface area contributed by atoms with Gasteiger partial charge < -0.3 is 15.1 Å². The van der Waals surface area contributed by atoms with Gasteiger partial charge in [-0.25, -0.2) is 0 Å². The van der Waals surface area contributed by atoms with Crippen molar-refractivity contribution in [3.8, 4) is 0 Å². The van der Waals surface area contributed by atoms with Crippen LogP contribution in [0.3, 0.4) is 0 Å². The van der Waals surface area contributed by atoms with Gasteiger partial charge in [-0.05, 0) is 37.1 Å². The summed E-state index contributed by atoms with van der Waals surface area (Å²) in [6, 6.07) is 6.17. The van der Waals surface area contributed by atoms with Crippen LogP contribution in [0.1, 0.15) is 17.5 Å². The van der Waals surface area contributed by atoms with Crippen LogP contribution >= 0.6 is 0 Å². The van der Waals surface area contributed by atoms with E-state index in [0.717, 1.165) is 44.7 Å². The summed E-state index contributed by atoms with van der Waals surface area (Å²) in [5.74, 6) is 0. The number of benzene rings is 1. The van der Waals surface area contributed by atoms with E-state index < -0.39 is 0 Å². The zero-order valence-electron chi connectivity index (χ0n) is 11.7. The first kappa shape index (κ1) is 14.3. The molecule has 1 aromatic carbocycles. The van der Waals surface area contributed by atoms with Crippen LogP contribution in [-0.2, 0) is 6.61 Å². The molecule has 0 bridgehead atoms. The molecule has 4 heteroatoms. The number of rotatable bonds is 4. The Kier molecular flexibility index (Phi) is 5.19. The Morgan fingerprint density at radius 1 is 1.11 bits per heavy atom. The normalized spacial score (nSPS) is 17.5. The standard InChI is InChI=1S/C15H24N2O2/c1-13-11-14(12-19)3-4-15(13)17-6-2-5-16(7-8-17)9-10-18/h3-4,11,18-19H,2,5-10,12H2,1H3. The van der Waals surface area contributed by atoms with Crippen LogP contribution < -0.4 is 4.90 Å². The molecule has 2 rings (SSSR count). The lowest BCUT2D eigenvalue weighted by molar-refractivity contribution is 0.204.